The summed E-state index contributed by atoms with van der Waals surface area (Å²) in [5, 5.41) is 13.2. The zero-order valence-corrected chi connectivity index (χ0v) is 16.7. The van der Waals surface area contributed by atoms with Crippen LogP contribution in [0.1, 0.15) is 55.0 Å². The summed E-state index contributed by atoms with van der Waals surface area (Å²) in [6.07, 6.45) is 3.89. The van der Waals surface area contributed by atoms with E-state index in [1.807, 2.05) is 12.1 Å². The predicted molar refractivity (Wildman–Crippen MR) is 111 cm³/mol. The van der Waals surface area contributed by atoms with Crippen molar-refractivity contribution in [3.8, 4) is 5.75 Å². The molecule has 28 heavy (non-hydrogen) atoms. The second kappa shape index (κ2) is 7.96. The number of amides is 1. The van der Waals surface area contributed by atoms with Crippen LogP contribution in [-0.4, -0.2) is 28.5 Å². The molecule has 0 spiro atoms. The Balaban J connectivity index is 1.56. The number of aryl methyl sites for hydroxylation is 1. The topological polar surface area (TPSA) is 52.6 Å². The van der Waals surface area contributed by atoms with E-state index >= 15 is 0 Å². The Labute approximate surface area is 167 Å². The highest BCUT2D eigenvalue weighted by Gasteiger charge is 2.33. The van der Waals surface area contributed by atoms with Gasteiger partial charge in [0.2, 0.25) is 5.91 Å². The zero-order valence-electron chi connectivity index (χ0n) is 16.7. The summed E-state index contributed by atoms with van der Waals surface area (Å²) in [6, 6.07) is 13.9. The molecule has 0 unspecified atom stereocenters. The summed E-state index contributed by atoms with van der Waals surface area (Å²) in [5.74, 6) is 1.68. The van der Waals surface area contributed by atoms with Gasteiger partial charge in [0, 0.05) is 13.1 Å². The number of hydrogen-bond donors (Lipinski definition) is 2. The van der Waals surface area contributed by atoms with Crippen molar-refractivity contribution in [2.24, 2.45) is 0 Å². The number of hydrogen-bond acceptors (Lipinski definition) is 3. The molecule has 147 valence electrons. The third-order valence-electron chi connectivity index (χ3n) is 5.93. The zero-order chi connectivity index (χ0) is 19.7. The lowest BCUT2D eigenvalue weighted by atomic mass is 9.87. The molecular weight excluding hydrogens is 348 g/mol. The molecule has 1 amide bonds. The number of carbonyl (C=O) groups is 1. The average molecular weight is 378 g/mol. The van der Waals surface area contributed by atoms with Gasteiger partial charge in [-0.3, -0.25) is 9.69 Å². The van der Waals surface area contributed by atoms with Gasteiger partial charge in [-0.05, 0) is 66.0 Å². The van der Waals surface area contributed by atoms with E-state index in [1.54, 1.807) is 6.07 Å². The Kier molecular flexibility index (Phi) is 5.40. The number of phenols is 1. The molecule has 0 fully saturated rings. The van der Waals surface area contributed by atoms with Crippen LogP contribution in [0.4, 0.5) is 0 Å². The van der Waals surface area contributed by atoms with Crippen molar-refractivity contribution in [1.82, 2.24) is 10.2 Å². The number of phenolic OH excluding ortho intramolecular Hbond substituents is 1. The maximum absolute atomic E-state index is 13.3. The first kappa shape index (κ1) is 19.0. The van der Waals surface area contributed by atoms with E-state index in [0.717, 1.165) is 36.9 Å². The van der Waals surface area contributed by atoms with Gasteiger partial charge in [0.1, 0.15) is 5.75 Å². The molecule has 0 saturated heterocycles. The highest BCUT2D eigenvalue weighted by molar-refractivity contribution is 5.83. The average Bonchev–Trinajstić information content (AvgIpc) is 2.67. The van der Waals surface area contributed by atoms with Crippen molar-refractivity contribution < 1.29 is 9.90 Å². The smallest absolute Gasteiger partial charge is 0.238 e. The molecular formula is C24H29N2O2. The van der Waals surface area contributed by atoms with Crippen molar-refractivity contribution in [2.45, 2.75) is 58.2 Å². The first-order chi connectivity index (χ1) is 13.5. The van der Waals surface area contributed by atoms with Crippen molar-refractivity contribution in [3.05, 3.63) is 70.6 Å². The SMILES string of the molecule is C[C](C)CN1Cc2cc(O)ccc2C[C@H]1C(=O)N[C@@H]1CCCc2ccccc21. The van der Waals surface area contributed by atoms with Crippen molar-refractivity contribution >= 4 is 5.91 Å². The number of fused-ring (bicyclic) bond motifs is 2. The number of rotatable bonds is 4. The van der Waals surface area contributed by atoms with Gasteiger partial charge in [-0.25, -0.2) is 0 Å². The van der Waals surface area contributed by atoms with Crippen LogP contribution in [0, 0.1) is 5.92 Å². The summed E-state index contributed by atoms with van der Waals surface area (Å²) in [7, 11) is 0. The molecule has 0 saturated carbocycles. The van der Waals surface area contributed by atoms with Gasteiger partial charge in [0.05, 0.1) is 12.1 Å². The molecule has 2 aromatic rings. The molecule has 4 nitrogen and oxygen atoms in total. The number of nitrogens with one attached hydrogen (secondary N) is 1. The summed E-state index contributed by atoms with van der Waals surface area (Å²) >= 11 is 0. The third-order valence-corrected chi connectivity index (χ3v) is 5.93. The molecule has 2 N–H and O–H groups in total. The van der Waals surface area contributed by atoms with Gasteiger partial charge < -0.3 is 10.4 Å². The molecule has 1 aliphatic carbocycles. The van der Waals surface area contributed by atoms with E-state index in [4.69, 9.17) is 0 Å². The van der Waals surface area contributed by atoms with E-state index in [9.17, 15) is 9.90 Å². The first-order valence-corrected chi connectivity index (χ1v) is 10.2. The highest BCUT2D eigenvalue weighted by Crippen LogP contribution is 2.31. The molecule has 0 bridgehead atoms. The van der Waals surface area contributed by atoms with E-state index in [-0.39, 0.29) is 23.7 Å². The number of benzene rings is 2. The third kappa shape index (κ3) is 3.93. The summed E-state index contributed by atoms with van der Waals surface area (Å²) in [6.45, 7) is 5.68. The summed E-state index contributed by atoms with van der Waals surface area (Å²) in [4.78, 5) is 15.6. The minimum atomic E-state index is -0.180. The molecule has 2 atom stereocenters. The molecule has 4 heteroatoms. The van der Waals surface area contributed by atoms with Crippen LogP contribution >= 0.6 is 0 Å². The lowest BCUT2D eigenvalue weighted by Crippen LogP contribution is -2.51. The molecule has 0 aromatic heterocycles. The van der Waals surface area contributed by atoms with Crippen LogP contribution in [0.5, 0.6) is 5.75 Å². The second-order valence-corrected chi connectivity index (χ2v) is 8.44. The molecule has 2 aromatic carbocycles. The molecule has 1 heterocycles. The lowest BCUT2D eigenvalue weighted by Gasteiger charge is -2.38. The minimum absolute atomic E-state index is 0.104. The lowest BCUT2D eigenvalue weighted by molar-refractivity contribution is -0.127. The second-order valence-electron chi connectivity index (χ2n) is 8.44. The van der Waals surface area contributed by atoms with Crippen LogP contribution in [0.15, 0.2) is 42.5 Å². The van der Waals surface area contributed by atoms with Crippen LogP contribution < -0.4 is 5.32 Å². The van der Waals surface area contributed by atoms with E-state index in [2.05, 4.69) is 48.3 Å². The van der Waals surface area contributed by atoms with Gasteiger partial charge in [0.15, 0.2) is 0 Å². The van der Waals surface area contributed by atoms with E-state index in [1.165, 1.54) is 17.0 Å². The Hall–Kier alpha value is -2.33. The predicted octanol–water partition coefficient (Wildman–Crippen LogP) is 3.93. The molecule has 1 aliphatic heterocycles. The monoisotopic (exact) mass is 377 g/mol. The van der Waals surface area contributed by atoms with Crippen molar-refractivity contribution in [1.29, 1.82) is 0 Å². The van der Waals surface area contributed by atoms with Gasteiger partial charge in [0.25, 0.3) is 0 Å². The Morgan fingerprint density at radius 3 is 2.79 bits per heavy atom. The molecule has 2 aliphatic rings. The fourth-order valence-electron chi connectivity index (χ4n) is 4.63. The maximum Gasteiger partial charge on any atom is 0.238 e. The van der Waals surface area contributed by atoms with Crippen LogP contribution in [-0.2, 0) is 24.2 Å². The van der Waals surface area contributed by atoms with E-state index in [0.29, 0.717) is 13.0 Å². The Morgan fingerprint density at radius 2 is 1.96 bits per heavy atom. The van der Waals surface area contributed by atoms with Gasteiger partial charge >= 0.3 is 0 Å². The van der Waals surface area contributed by atoms with Crippen LogP contribution in [0.2, 0.25) is 0 Å². The largest absolute Gasteiger partial charge is 0.508 e. The van der Waals surface area contributed by atoms with Crippen LogP contribution in [0.25, 0.3) is 0 Å². The number of aromatic hydroxyl groups is 1. The maximum atomic E-state index is 13.3. The molecule has 4 rings (SSSR count). The Morgan fingerprint density at radius 1 is 1.14 bits per heavy atom. The fourth-order valence-corrected chi connectivity index (χ4v) is 4.63. The van der Waals surface area contributed by atoms with E-state index < -0.39 is 0 Å². The van der Waals surface area contributed by atoms with Gasteiger partial charge in [-0.15, -0.1) is 0 Å². The van der Waals surface area contributed by atoms with Gasteiger partial charge in [-0.2, -0.15) is 0 Å². The number of nitrogens with zero attached hydrogens (tertiary/aromatic N) is 1. The normalized spacial score (nSPS) is 21.8. The Bertz CT molecular complexity index is 861. The highest BCUT2D eigenvalue weighted by atomic mass is 16.3. The minimum Gasteiger partial charge on any atom is -0.508 e. The quantitative estimate of drug-likeness (QED) is 0.849. The van der Waals surface area contributed by atoms with Crippen LogP contribution in [0.3, 0.4) is 0 Å². The standard InChI is InChI=1S/C24H29N2O2/c1-16(2)14-26-15-19-12-20(27)11-10-18(19)13-23(26)24(28)25-22-9-5-7-17-6-3-4-8-21(17)22/h3-4,6,8,10-12,22-23,27H,5,7,9,13-15H2,1-2H3,(H,25,28)/t22-,23+/m1/s1. The molecule has 1 radical (unpaired) electrons. The van der Waals surface area contributed by atoms with Gasteiger partial charge in [-0.1, -0.05) is 44.2 Å². The summed E-state index contributed by atoms with van der Waals surface area (Å²) < 4.78 is 0. The fraction of sp³-hybridized carbons (Fsp3) is 0.417. The summed E-state index contributed by atoms with van der Waals surface area (Å²) in [5.41, 5.74) is 4.91. The number of carbonyl (C=O) groups excluding carboxylic acids is 1. The first-order valence-electron chi connectivity index (χ1n) is 10.2. The van der Waals surface area contributed by atoms with Crippen molar-refractivity contribution in [3.63, 3.8) is 0 Å². The van der Waals surface area contributed by atoms with Crippen molar-refractivity contribution in [2.75, 3.05) is 6.54 Å².